The summed E-state index contributed by atoms with van der Waals surface area (Å²) in [6, 6.07) is 0. The van der Waals surface area contributed by atoms with E-state index in [1.165, 1.54) is 0 Å². The standard InChI is InChI=1S/C9H12N2O2.ClH/c1-6-5-11-3-2-7(9(12)13)4-8(11)10-6;/h5,7H,2-4H2,1H3,(H,12,13);1H. The lowest BCUT2D eigenvalue weighted by Gasteiger charge is -2.19. The van der Waals surface area contributed by atoms with Crippen LogP contribution in [-0.2, 0) is 17.8 Å². The van der Waals surface area contributed by atoms with Gasteiger partial charge in [-0.05, 0) is 13.3 Å². The highest BCUT2D eigenvalue weighted by Crippen LogP contribution is 2.20. The Kier molecular flexibility index (Phi) is 3.16. The third-order valence-corrected chi connectivity index (χ3v) is 2.48. The summed E-state index contributed by atoms with van der Waals surface area (Å²) in [5, 5.41) is 8.83. The van der Waals surface area contributed by atoms with Gasteiger partial charge in [-0.15, -0.1) is 12.4 Å². The highest BCUT2D eigenvalue weighted by molar-refractivity contribution is 5.85. The maximum absolute atomic E-state index is 10.7. The molecule has 5 heteroatoms. The third kappa shape index (κ3) is 1.90. The van der Waals surface area contributed by atoms with E-state index >= 15 is 0 Å². The molecule has 1 N–H and O–H groups in total. The minimum Gasteiger partial charge on any atom is -0.481 e. The van der Waals surface area contributed by atoms with Crippen molar-refractivity contribution in [2.45, 2.75) is 26.3 Å². The second-order valence-electron chi connectivity index (χ2n) is 3.52. The Hall–Kier alpha value is -1.03. The van der Waals surface area contributed by atoms with Gasteiger partial charge in [0.2, 0.25) is 0 Å². The average Bonchev–Trinajstić information content (AvgIpc) is 2.42. The molecule has 4 nitrogen and oxygen atoms in total. The molecule has 1 aromatic heterocycles. The van der Waals surface area contributed by atoms with Crippen LogP contribution in [0.2, 0.25) is 0 Å². The van der Waals surface area contributed by atoms with Gasteiger partial charge in [0, 0.05) is 19.2 Å². The van der Waals surface area contributed by atoms with Crippen molar-refractivity contribution in [3.63, 3.8) is 0 Å². The van der Waals surface area contributed by atoms with E-state index in [0.29, 0.717) is 6.42 Å². The number of aromatic nitrogens is 2. The Bertz CT molecular complexity index is 349. The van der Waals surface area contributed by atoms with Crippen molar-refractivity contribution >= 4 is 18.4 Å². The summed E-state index contributed by atoms with van der Waals surface area (Å²) in [4.78, 5) is 15.0. The molecule has 0 saturated carbocycles. The van der Waals surface area contributed by atoms with Crippen molar-refractivity contribution in [1.82, 2.24) is 9.55 Å². The van der Waals surface area contributed by atoms with Crippen molar-refractivity contribution < 1.29 is 9.90 Å². The number of carboxylic acids is 1. The van der Waals surface area contributed by atoms with Crippen LogP contribution >= 0.6 is 12.4 Å². The van der Waals surface area contributed by atoms with Crippen LogP contribution in [-0.4, -0.2) is 20.6 Å². The maximum Gasteiger partial charge on any atom is 0.307 e. The Morgan fingerprint density at radius 1 is 1.71 bits per heavy atom. The summed E-state index contributed by atoms with van der Waals surface area (Å²) < 4.78 is 2.05. The number of rotatable bonds is 1. The second kappa shape index (κ2) is 4.00. The van der Waals surface area contributed by atoms with Crippen LogP contribution in [0, 0.1) is 12.8 Å². The normalized spacial score (nSPS) is 19.6. The number of nitrogens with zero attached hydrogens (tertiary/aromatic N) is 2. The molecule has 1 aliphatic rings. The first-order chi connectivity index (χ1) is 6.16. The fraction of sp³-hybridized carbons (Fsp3) is 0.556. The van der Waals surface area contributed by atoms with Gasteiger partial charge in [0.05, 0.1) is 11.6 Å². The maximum atomic E-state index is 10.7. The van der Waals surface area contributed by atoms with Crippen molar-refractivity contribution in [1.29, 1.82) is 0 Å². The lowest BCUT2D eigenvalue weighted by molar-refractivity contribution is -0.142. The average molecular weight is 217 g/mol. The smallest absolute Gasteiger partial charge is 0.307 e. The van der Waals surface area contributed by atoms with Gasteiger partial charge in [-0.1, -0.05) is 0 Å². The zero-order valence-electron chi connectivity index (χ0n) is 7.93. The van der Waals surface area contributed by atoms with Crippen molar-refractivity contribution in [2.75, 3.05) is 0 Å². The topological polar surface area (TPSA) is 55.1 Å². The van der Waals surface area contributed by atoms with Crippen LogP contribution in [0.1, 0.15) is 17.9 Å². The summed E-state index contributed by atoms with van der Waals surface area (Å²) >= 11 is 0. The Balaban J connectivity index is 0.000000980. The molecular formula is C9H13ClN2O2. The van der Waals surface area contributed by atoms with Crippen LogP contribution in [0.15, 0.2) is 6.20 Å². The number of fused-ring (bicyclic) bond motifs is 1. The van der Waals surface area contributed by atoms with Gasteiger partial charge in [-0.2, -0.15) is 0 Å². The van der Waals surface area contributed by atoms with E-state index in [1.807, 2.05) is 13.1 Å². The number of carboxylic acid groups (broad SMARTS) is 1. The van der Waals surface area contributed by atoms with Gasteiger partial charge in [0.25, 0.3) is 0 Å². The van der Waals surface area contributed by atoms with Crippen molar-refractivity contribution in [2.24, 2.45) is 5.92 Å². The molecule has 1 atom stereocenters. The molecule has 0 amide bonds. The highest BCUT2D eigenvalue weighted by atomic mass is 35.5. The molecular weight excluding hydrogens is 204 g/mol. The highest BCUT2D eigenvalue weighted by Gasteiger charge is 2.25. The first kappa shape index (κ1) is 11.0. The zero-order chi connectivity index (χ0) is 9.42. The number of halogens is 1. The quantitative estimate of drug-likeness (QED) is 0.769. The molecule has 2 heterocycles. The Labute approximate surface area is 88.4 Å². The first-order valence-corrected chi connectivity index (χ1v) is 4.42. The largest absolute Gasteiger partial charge is 0.481 e. The molecule has 2 rings (SSSR count). The van der Waals surface area contributed by atoms with E-state index in [4.69, 9.17) is 5.11 Å². The van der Waals surface area contributed by atoms with E-state index in [-0.39, 0.29) is 18.3 Å². The second-order valence-corrected chi connectivity index (χ2v) is 3.52. The van der Waals surface area contributed by atoms with E-state index in [2.05, 4.69) is 9.55 Å². The van der Waals surface area contributed by atoms with Gasteiger partial charge in [0.15, 0.2) is 0 Å². The zero-order valence-corrected chi connectivity index (χ0v) is 8.75. The number of aryl methyl sites for hydroxylation is 2. The number of hydrogen-bond donors (Lipinski definition) is 1. The minimum atomic E-state index is -0.702. The number of hydrogen-bond acceptors (Lipinski definition) is 2. The Morgan fingerprint density at radius 2 is 2.43 bits per heavy atom. The summed E-state index contributed by atoms with van der Waals surface area (Å²) in [6.07, 6.45) is 3.27. The molecule has 0 aromatic carbocycles. The first-order valence-electron chi connectivity index (χ1n) is 4.42. The molecule has 0 aliphatic carbocycles. The summed E-state index contributed by atoms with van der Waals surface area (Å²) in [5.74, 6) is -0.0302. The molecule has 0 spiro atoms. The molecule has 0 fully saturated rings. The van der Waals surface area contributed by atoms with E-state index in [9.17, 15) is 4.79 Å². The SMILES string of the molecule is Cc1cn2c(n1)CC(C(=O)O)CC2.Cl. The number of aliphatic carboxylic acids is 1. The fourth-order valence-electron chi connectivity index (χ4n) is 1.78. The van der Waals surface area contributed by atoms with E-state index in [1.54, 1.807) is 0 Å². The molecule has 0 bridgehead atoms. The molecule has 1 aliphatic heterocycles. The molecule has 0 saturated heterocycles. The predicted octanol–water partition coefficient (Wildman–Crippen LogP) is 1.26. The lowest BCUT2D eigenvalue weighted by atomic mass is 9.98. The minimum absolute atomic E-state index is 0. The van der Waals surface area contributed by atoms with Crippen LogP contribution < -0.4 is 0 Å². The van der Waals surface area contributed by atoms with Gasteiger partial charge in [0.1, 0.15) is 5.82 Å². The summed E-state index contributed by atoms with van der Waals surface area (Å²) in [7, 11) is 0. The molecule has 1 unspecified atom stereocenters. The van der Waals surface area contributed by atoms with Crippen LogP contribution in [0.4, 0.5) is 0 Å². The fourth-order valence-corrected chi connectivity index (χ4v) is 1.78. The van der Waals surface area contributed by atoms with Crippen molar-refractivity contribution in [3.05, 3.63) is 17.7 Å². The number of carbonyl (C=O) groups is 1. The molecule has 78 valence electrons. The molecule has 14 heavy (non-hydrogen) atoms. The van der Waals surface area contributed by atoms with Crippen LogP contribution in [0.3, 0.4) is 0 Å². The van der Waals surface area contributed by atoms with Gasteiger partial charge in [-0.3, -0.25) is 4.79 Å². The van der Waals surface area contributed by atoms with Gasteiger partial charge >= 0.3 is 5.97 Å². The van der Waals surface area contributed by atoms with E-state index < -0.39 is 5.97 Å². The molecule has 1 aromatic rings. The third-order valence-electron chi connectivity index (χ3n) is 2.48. The Morgan fingerprint density at radius 3 is 3.07 bits per heavy atom. The van der Waals surface area contributed by atoms with Crippen LogP contribution in [0.5, 0.6) is 0 Å². The van der Waals surface area contributed by atoms with E-state index in [0.717, 1.165) is 24.5 Å². The van der Waals surface area contributed by atoms with Gasteiger partial charge in [-0.25, -0.2) is 4.98 Å². The summed E-state index contributed by atoms with van der Waals surface area (Å²) in [5.41, 5.74) is 0.973. The monoisotopic (exact) mass is 216 g/mol. The lowest BCUT2D eigenvalue weighted by Crippen LogP contribution is -2.25. The predicted molar refractivity (Wildman–Crippen MR) is 53.7 cm³/mol. The summed E-state index contributed by atoms with van der Waals surface area (Å²) in [6.45, 7) is 2.72. The van der Waals surface area contributed by atoms with Gasteiger partial charge < -0.3 is 9.67 Å². The number of imidazole rings is 1. The molecule has 0 radical (unpaired) electrons. The van der Waals surface area contributed by atoms with Crippen molar-refractivity contribution in [3.8, 4) is 0 Å². The van der Waals surface area contributed by atoms with Crippen LogP contribution in [0.25, 0.3) is 0 Å².